The van der Waals surface area contributed by atoms with Gasteiger partial charge in [0.25, 0.3) is 0 Å². The van der Waals surface area contributed by atoms with Gasteiger partial charge in [0.1, 0.15) is 6.29 Å². The van der Waals surface area contributed by atoms with E-state index in [2.05, 4.69) is 55.9 Å². The molecular weight excluding hydrogens is 252 g/mol. The normalized spacial score (nSPS) is 13.1. The maximum atomic E-state index is 6.11. The monoisotopic (exact) mass is 273 g/mol. The van der Waals surface area contributed by atoms with E-state index >= 15 is 0 Å². The third kappa shape index (κ3) is 3.44. The predicted octanol–water partition coefficient (Wildman–Crippen LogP) is 3.46. The lowest BCUT2D eigenvalue weighted by atomic mass is 10.1. The molecule has 3 heteroatoms. The Morgan fingerprint density at radius 3 is 2.53 bits per heavy atom. The van der Waals surface area contributed by atoms with Crippen molar-refractivity contribution in [2.24, 2.45) is 0 Å². The Hall–Kier alpha value is -1.16. The maximum Gasteiger partial charge on any atom is 0.247 e. The van der Waals surface area contributed by atoms with E-state index in [0.717, 1.165) is 6.42 Å². The number of rotatable bonds is 6. The molecule has 0 bridgehead atoms. The second-order valence-electron chi connectivity index (χ2n) is 4.49. The van der Waals surface area contributed by atoms with E-state index in [1.54, 1.807) is 0 Å². The fourth-order valence-corrected chi connectivity index (χ4v) is 3.91. The molecule has 0 saturated heterocycles. The van der Waals surface area contributed by atoms with Gasteiger partial charge in [-0.25, -0.2) is 0 Å². The minimum absolute atomic E-state index is 0.0807. The molecule has 19 heavy (non-hydrogen) atoms. The molecule has 0 fully saturated rings. The highest BCUT2D eigenvalue weighted by atomic mass is 28.3. The number of hydrogen-bond donors (Lipinski definition) is 0. The standard InChI is InChI=1S/C16H21O2Si/c1-4-16(17-5-2)18-19(3)15-12-8-10-13-9-6-7-11-14(13)15/h6-12,16H,4-5H2,1-3H3. The van der Waals surface area contributed by atoms with Crippen LogP contribution in [-0.4, -0.2) is 21.9 Å². The molecule has 2 nitrogen and oxygen atoms in total. The summed E-state index contributed by atoms with van der Waals surface area (Å²) in [4.78, 5) is 0. The third-order valence-electron chi connectivity index (χ3n) is 3.16. The van der Waals surface area contributed by atoms with Crippen molar-refractivity contribution in [1.29, 1.82) is 0 Å². The average Bonchev–Trinajstić information content (AvgIpc) is 2.46. The number of ether oxygens (including phenoxy) is 1. The molecule has 0 amide bonds. The van der Waals surface area contributed by atoms with E-state index in [1.165, 1.54) is 16.0 Å². The minimum Gasteiger partial charge on any atom is -0.387 e. The lowest BCUT2D eigenvalue weighted by Crippen LogP contribution is -2.35. The summed E-state index contributed by atoms with van der Waals surface area (Å²) in [5.74, 6) is 0. The average molecular weight is 273 g/mol. The first kappa shape index (κ1) is 14.3. The fourth-order valence-electron chi connectivity index (χ4n) is 2.21. The molecule has 1 unspecified atom stereocenters. The molecular formula is C16H21O2Si. The molecule has 0 aliphatic rings. The van der Waals surface area contributed by atoms with Crippen molar-refractivity contribution in [2.75, 3.05) is 6.61 Å². The molecule has 2 aromatic carbocycles. The molecule has 0 spiro atoms. The minimum atomic E-state index is -1.05. The smallest absolute Gasteiger partial charge is 0.247 e. The molecule has 0 aromatic heterocycles. The van der Waals surface area contributed by atoms with Gasteiger partial charge in [-0.1, -0.05) is 49.4 Å². The van der Waals surface area contributed by atoms with Gasteiger partial charge in [0.2, 0.25) is 9.04 Å². The molecule has 0 saturated carbocycles. The Bertz CT molecular complexity index is 522. The second-order valence-corrected chi connectivity index (χ2v) is 6.38. The summed E-state index contributed by atoms with van der Waals surface area (Å²) in [5, 5.41) is 3.89. The van der Waals surface area contributed by atoms with Crippen molar-refractivity contribution in [3.8, 4) is 0 Å². The Labute approximate surface area is 117 Å². The summed E-state index contributed by atoms with van der Waals surface area (Å²) < 4.78 is 11.7. The number of hydrogen-bond acceptors (Lipinski definition) is 2. The van der Waals surface area contributed by atoms with E-state index in [4.69, 9.17) is 9.16 Å². The van der Waals surface area contributed by atoms with Gasteiger partial charge in [-0.2, -0.15) is 0 Å². The van der Waals surface area contributed by atoms with Crippen LogP contribution in [0.3, 0.4) is 0 Å². The highest BCUT2D eigenvalue weighted by molar-refractivity contribution is 6.68. The van der Waals surface area contributed by atoms with Crippen LogP contribution in [0.2, 0.25) is 6.55 Å². The second kappa shape index (κ2) is 6.85. The van der Waals surface area contributed by atoms with Crippen molar-refractivity contribution >= 4 is 25.0 Å². The first-order valence-corrected chi connectivity index (χ1v) is 8.77. The van der Waals surface area contributed by atoms with Gasteiger partial charge in [0, 0.05) is 6.61 Å². The molecule has 0 N–H and O–H groups in total. The summed E-state index contributed by atoms with van der Waals surface area (Å²) in [6, 6.07) is 14.9. The summed E-state index contributed by atoms with van der Waals surface area (Å²) in [7, 11) is -1.05. The van der Waals surface area contributed by atoms with Crippen molar-refractivity contribution < 1.29 is 9.16 Å². The van der Waals surface area contributed by atoms with Gasteiger partial charge in [0.05, 0.1) is 0 Å². The summed E-state index contributed by atoms with van der Waals surface area (Å²) in [5.41, 5.74) is 0. The van der Waals surface area contributed by atoms with E-state index < -0.39 is 9.04 Å². The molecule has 0 aliphatic heterocycles. The fraction of sp³-hybridized carbons (Fsp3) is 0.375. The van der Waals surface area contributed by atoms with Gasteiger partial charge in [0.15, 0.2) is 0 Å². The van der Waals surface area contributed by atoms with Crippen LogP contribution in [-0.2, 0) is 9.16 Å². The lowest BCUT2D eigenvalue weighted by Gasteiger charge is -2.21. The third-order valence-corrected chi connectivity index (χ3v) is 4.97. The van der Waals surface area contributed by atoms with Crippen molar-refractivity contribution in [1.82, 2.24) is 0 Å². The molecule has 0 aliphatic carbocycles. The van der Waals surface area contributed by atoms with Crippen molar-refractivity contribution in [2.45, 2.75) is 33.1 Å². The SMILES string of the molecule is CCOC(CC)O[Si](C)c1cccc2ccccc12. The van der Waals surface area contributed by atoms with Crippen LogP contribution in [0.15, 0.2) is 42.5 Å². The van der Waals surface area contributed by atoms with Crippen LogP contribution in [0, 0.1) is 0 Å². The van der Waals surface area contributed by atoms with E-state index in [1.807, 2.05) is 6.92 Å². The van der Waals surface area contributed by atoms with E-state index in [-0.39, 0.29) is 6.29 Å². The topological polar surface area (TPSA) is 18.5 Å². The van der Waals surface area contributed by atoms with Crippen LogP contribution < -0.4 is 5.19 Å². The molecule has 101 valence electrons. The zero-order valence-electron chi connectivity index (χ0n) is 11.8. The van der Waals surface area contributed by atoms with Gasteiger partial charge in [-0.3, -0.25) is 0 Å². The van der Waals surface area contributed by atoms with Crippen molar-refractivity contribution in [3.05, 3.63) is 42.5 Å². The summed E-state index contributed by atoms with van der Waals surface area (Å²) in [6.45, 7) is 6.99. The van der Waals surface area contributed by atoms with Crippen LogP contribution in [0.5, 0.6) is 0 Å². The zero-order valence-corrected chi connectivity index (χ0v) is 12.8. The quantitative estimate of drug-likeness (QED) is 0.593. The Kier molecular flexibility index (Phi) is 5.13. The first-order chi connectivity index (χ1) is 9.26. The molecule has 0 heterocycles. The number of fused-ring (bicyclic) bond motifs is 1. The maximum absolute atomic E-state index is 6.11. The highest BCUT2D eigenvalue weighted by Gasteiger charge is 2.17. The highest BCUT2D eigenvalue weighted by Crippen LogP contribution is 2.13. The van der Waals surface area contributed by atoms with Crippen LogP contribution in [0.4, 0.5) is 0 Å². The molecule has 1 atom stereocenters. The van der Waals surface area contributed by atoms with Crippen LogP contribution >= 0.6 is 0 Å². The number of benzene rings is 2. The zero-order chi connectivity index (χ0) is 13.7. The first-order valence-electron chi connectivity index (χ1n) is 6.86. The van der Waals surface area contributed by atoms with Gasteiger partial charge >= 0.3 is 0 Å². The van der Waals surface area contributed by atoms with Crippen LogP contribution in [0.25, 0.3) is 10.8 Å². The predicted molar refractivity (Wildman–Crippen MR) is 82.0 cm³/mol. The molecule has 1 radical (unpaired) electrons. The van der Waals surface area contributed by atoms with E-state index in [0.29, 0.717) is 6.61 Å². The Morgan fingerprint density at radius 1 is 1.05 bits per heavy atom. The van der Waals surface area contributed by atoms with E-state index in [9.17, 15) is 0 Å². The van der Waals surface area contributed by atoms with Gasteiger partial charge < -0.3 is 9.16 Å². The molecule has 2 aromatic rings. The Balaban J connectivity index is 2.23. The van der Waals surface area contributed by atoms with Gasteiger partial charge in [-0.15, -0.1) is 0 Å². The van der Waals surface area contributed by atoms with Crippen molar-refractivity contribution in [3.63, 3.8) is 0 Å². The van der Waals surface area contributed by atoms with Gasteiger partial charge in [-0.05, 0) is 35.9 Å². The largest absolute Gasteiger partial charge is 0.387 e. The Morgan fingerprint density at radius 2 is 1.79 bits per heavy atom. The lowest BCUT2D eigenvalue weighted by molar-refractivity contribution is -0.0777. The summed E-state index contributed by atoms with van der Waals surface area (Å²) >= 11 is 0. The molecule has 2 rings (SSSR count). The van der Waals surface area contributed by atoms with Crippen LogP contribution in [0.1, 0.15) is 20.3 Å². The summed E-state index contributed by atoms with van der Waals surface area (Å²) in [6.07, 6.45) is 0.809.